The zero-order chi connectivity index (χ0) is 12.0. The summed E-state index contributed by atoms with van der Waals surface area (Å²) in [5.41, 5.74) is 0. The molecule has 16 heavy (non-hydrogen) atoms. The van der Waals surface area contributed by atoms with Gasteiger partial charge >= 0.3 is 6.09 Å². The summed E-state index contributed by atoms with van der Waals surface area (Å²) in [5, 5.41) is 0. The molecule has 84 valence electrons. The molecule has 0 saturated heterocycles. The SMILES string of the molecule is CCC(=O)C#C[C@H]1C=CC=CN1C(=O)OC. The van der Waals surface area contributed by atoms with Gasteiger partial charge in [-0.2, -0.15) is 0 Å². The maximum atomic E-state index is 11.4. The minimum absolute atomic E-state index is 0.146. The average molecular weight is 219 g/mol. The number of carbonyl (C=O) groups is 2. The zero-order valence-corrected chi connectivity index (χ0v) is 9.27. The second-order valence-electron chi connectivity index (χ2n) is 3.09. The summed E-state index contributed by atoms with van der Waals surface area (Å²) in [6, 6.07) is -0.437. The lowest BCUT2D eigenvalue weighted by Gasteiger charge is -2.22. The Morgan fingerprint density at radius 1 is 1.44 bits per heavy atom. The van der Waals surface area contributed by atoms with Crippen molar-refractivity contribution in [2.75, 3.05) is 7.11 Å². The van der Waals surface area contributed by atoms with E-state index >= 15 is 0 Å². The molecule has 0 N–H and O–H groups in total. The minimum atomic E-state index is -0.496. The molecule has 1 rings (SSSR count). The highest BCUT2D eigenvalue weighted by atomic mass is 16.5. The van der Waals surface area contributed by atoms with Crippen LogP contribution in [0.15, 0.2) is 24.4 Å². The van der Waals surface area contributed by atoms with E-state index in [1.165, 1.54) is 12.0 Å². The molecule has 0 saturated carbocycles. The molecule has 1 atom stereocenters. The van der Waals surface area contributed by atoms with Gasteiger partial charge in [0, 0.05) is 12.6 Å². The third kappa shape index (κ3) is 2.99. The van der Waals surface area contributed by atoms with Crippen LogP contribution in [-0.4, -0.2) is 29.9 Å². The Balaban J connectivity index is 2.80. The number of ketones is 1. The fourth-order valence-electron chi connectivity index (χ4n) is 1.14. The number of nitrogens with zero attached hydrogens (tertiary/aromatic N) is 1. The Morgan fingerprint density at radius 2 is 2.19 bits per heavy atom. The molecule has 4 nitrogen and oxygen atoms in total. The Morgan fingerprint density at radius 3 is 2.81 bits per heavy atom. The van der Waals surface area contributed by atoms with Gasteiger partial charge in [-0.25, -0.2) is 4.79 Å². The van der Waals surface area contributed by atoms with E-state index in [0.29, 0.717) is 6.42 Å². The molecular weight excluding hydrogens is 206 g/mol. The Labute approximate surface area is 94.6 Å². The molecule has 1 aliphatic rings. The van der Waals surface area contributed by atoms with Crippen LogP contribution < -0.4 is 0 Å². The molecule has 0 aromatic rings. The van der Waals surface area contributed by atoms with Gasteiger partial charge in [-0.1, -0.05) is 18.9 Å². The van der Waals surface area contributed by atoms with Gasteiger partial charge in [0.2, 0.25) is 5.78 Å². The number of carbonyl (C=O) groups excluding carboxylic acids is 2. The van der Waals surface area contributed by atoms with Crippen LogP contribution in [0.25, 0.3) is 0 Å². The summed E-state index contributed by atoms with van der Waals surface area (Å²) in [6.45, 7) is 1.74. The van der Waals surface area contributed by atoms with Crippen molar-refractivity contribution in [1.82, 2.24) is 4.90 Å². The molecule has 0 fully saturated rings. The first-order valence-electron chi connectivity index (χ1n) is 4.94. The topological polar surface area (TPSA) is 46.6 Å². The molecule has 1 amide bonds. The van der Waals surface area contributed by atoms with Crippen molar-refractivity contribution in [2.24, 2.45) is 0 Å². The predicted molar refractivity (Wildman–Crippen MR) is 59.4 cm³/mol. The average Bonchev–Trinajstić information content (AvgIpc) is 2.35. The molecule has 1 aliphatic heterocycles. The lowest BCUT2D eigenvalue weighted by molar-refractivity contribution is -0.113. The largest absolute Gasteiger partial charge is 0.452 e. The van der Waals surface area contributed by atoms with Crippen molar-refractivity contribution in [3.8, 4) is 11.8 Å². The van der Waals surface area contributed by atoms with Crippen LogP contribution in [-0.2, 0) is 9.53 Å². The number of ether oxygens (including phenoxy) is 1. The molecule has 4 heteroatoms. The monoisotopic (exact) mass is 219 g/mol. The van der Waals surface area contributed by atoms with Crippen LogP contribution in [0.3, 0.4) is 0 Å². The van der Waals surface area contributed by atoms with E-state index in [1.54, 1.807) is 31.4 Å². The van der Waals surface area contributed by atoms with Gasteiger partial charge < -0.3 is 4.74 Å². The highest BCUT2D eigenvalue weighted by Crippen LogP contribution is 2.09. The van der Waals surface area contributed by atoms with Crippen LogP contribution in [0, 0.1) is 11.8 Å². The first-order valence-corrected chi connectivity index (χ1v) is 4.94. The van der Waals surface area contributed by atoms with Gasteiger partial charge in [0.25, 0.3) is 0 Å². The van der Waals surface area contributed by atoms with Gasteiger partial charge in [0.15, 0.2) is 0 Å². The number of hydrogen-bond acceptors (Lipinski definition) is 3. The molecule has 0 radical (unpaired) electrons. The smallest absolute Gasteiger partial charge is 0.414 e. The van der Waals surface area contributed by atoms with Crippen LogP contribution in [0.1, 0.15) is 13.3 Å². The van der Waals surface area contributed by atoms with E-state index in [-0.39, 0.29) is 5.78 Å². The summed E-state index contributed by atoms with van der Waals surface area (Å²) in [5.74, 6) is 5.07. The quantitative estimate of drug-likeness (QED) is 0.496. The predicted octanol–water partition coefficient (Wildman–Crippen LogP) is 1.49. The molecule has 0 spiro atoms. The van der Waals surface area contributed by atoms with E-state index < -0.39 is 12.1 Å². The van der Waals surface area contributed by atoms with Crippen molar-refractivity contribution < 1.29 is 14.3 Å². The zero-order valence-electron chi connectivity index (χ0n) is 9.27. The second-order valence-corrected chi connectivity index (χ2v) is 3.09. The molecule has 0 unspecified atom stereocenters. The minimum Gasteiger partial charge on any atom is -0.452 e. The highest BCUT2D eigenvalue weighted by molar-refractivity contribution is 5.95. The summed E-state index contributed by atoms with van der Waals surface area (Å²) < 4.78 is 4.60. The summed E-state index contributed by atoms with van der Waals surface area (Å²) in [4.78, 5) is 23.7. The van der Waals surface area contributed by atoms with Crippen molar-refractivity contribution in [1.29, 1.82) is 0 Å². The standard InChI is InChI=1S/C12H13NO3/c1-3-11(14)8-7-10-6-4-5-9-13(10)12(15)16-2/h4-6,9-10H,3H2,1-2H3/t10-/m1/s1. The Bertz CT molecular complexity index is 398. The summed E-state index contributed by atoms with van der Waals surface area (Å²) in [6.07, 6.45) is 6.65. The van der Waals surface area contributed by atoms with Crippen molar-refractivity contribution in [2.45, 2.75) is 19.4 Å². The second kappa shape index (κ2) is 5.76. The number of hydrogen-bond donors (Lipinski definition) is 0. The van der Waals surface area contributed by atoms with E-state index in [4.69, 9.17) is 0 Å². The van der Waals surface area contributed by atoms with Gasteiger partial charge in [0.05, 0.1) is 7.11 Å². The first-order chi connectivity index (χ1) is 7.69. The summed E-state index contributed by atoms with van der Waals surface area (Å²) in [7, 11) is 1.30. The van der Waals surface area contributed by atoms with E-state index in [9.17, 15) is 9.59 Å². The fourth-order valence-corrected chi connectivity index (χ4v) is 1.14. The van der Waals surface area contributed by atoms with Crippen LogP contribution in [0.5, 0.6) is 0 Å². The molecule has 0 bridgehead atoms. The Hall–Kier alpha value is -2.02. The van der Waals surface area contributed by atoms with Crippen molar-refractivity contribution in [3.63, 3.8) is 0 Å². The fraction of sp³-hybridized carbons (Fsp3) is 0.333. The van der Waals surface area contributed by atoms with E-state index in [0.717, 1.165) is 0 Å². The molecule has 0 aliphatic carbocycles. The third-order valence-corrected chi connectivity index (χ3v) is 2.02. The summed E-state index contributed by atoms with van der Waals surface area (Å²) >= 11 is 0. The van der Waals surface area contributed by atoms with Crippen LogP contribution in [0.2, 0.25) is 0 Å². The number of allylic oxidation sites excluding steroid dienone is 2. The lowest BCUT2D eigenvalue weighted by atomic mass is 10.2. The van der Waals surface area contributed by atoms with Gasteiger partial charge in [-0.05, 0) is 18.1 Å². The van der Waals surface area contributed by atoms with Crippen molar-refractivity contribution in [3.05, 3.63) is 24.4 Å². The van der Waals surface area contributed by atoms with Gasteiger partial charge in [0.1, 0.15) is 6.04 Å². The van der Waals surface area contributed by atoms with E-state index in [2.05, 4.69) is 16.6 Å². The van der Waals surface area contributed by atoms with Crippen LogP contribution >= 0.6 is 0 Å². The van der Waals surface area contributed by atoms with Crippen molar-refractivity contribution >= 4 is 11.9 Å². The number of amides is 1. The molecule has 0 aromatic heterocycles. The lowest BCUT2D eigenvalue weighted by Crippen LogP contribution is -2.35. The van der Waals surface area contributed by atoms with Gasteiger partial charge in [-0.3, -0.25) is 9.69 Å². The maximum Gasteiger partial charge on any atom is 0.414 e. The normalized spacial score (nSPS) is 17.6. The van der Waals surface area contributed by atoms with Gasteiger partial charge in [-0.15, -0.1) is 0 Å². The Kier molecular flexibility index (Phi) is 4.34. The highest BCUT2D eigenvalue weighted by Gasteiger charge is 2.19. The van der Waals surface area contributed by atoms with E-state index in [1.807, 2.05) is 0 Å². The number of methoxy groups -OCH3 is 1. The molecule has 1 heterocycles. The number of Topliss-reactive ketones (excluding diaryl/α,β-unsaturated/α-hetero) is 1. The maximum absolute atomic E-state index is 11.4. The van der Waals surface area contributed by atoms with Crippen LogP contribution in [0.4, 0.5) is 4.79 Å². The molecular formula is C12H13NO3. The number of rotatable bonds is 1. The molecule has 0 aromatic carbocycles. The first kappa shape index (κ1) is 12.1. The third-order valence-electron chi connectivity index (χ3n) is 2.02.